The normalized spacial score (nSPS) is 20.9. The molecule has 1 aliphatic heterocycles. The second-order valence-corrected chi connectivity index (χ2v) is 9.90. The average molecular weight is 463 g/mol. The third-order valence-electron chi connectivity index (χ3n) is 6.80. The number of rotatable bonds is 8. The number of likely N-dealkylation sites (tertiary alicyclic amines) is 1. The van der Waals surface area contributed by atoms with Crippen LogP contribution in [0.5, 0.6) is 17.4 Å². The van der Waals surface area contributed by atoms with E-state index in [0.717, 1.165) is 24.3 Å². The summed E-state index contributed by atoms with van der Waals surface area (Å²) in [6, 6.07) is 20.3. The Hall–Kier alpha value is -3.03. The second kappa shape index (κ2) is 9.31. The zero-order valence-electron chi connectivity index (χ0n) is 19.7. The van der Waals surface area contributed by atoms with E-state index in [1.807, 2.05) is 35.2 Å². The molecule has 2 aromatic carbocycles. The van der Waals surface area contributed by atoms with Crippen molar-refractivity contribution in [2.24, 2.45) is 5.73 Å². The van der Waals surface area contributed by atoms with Gasteiger partial charge in [-0.3, -0.25) is 4.90 Å². The van der Waals surface area contributed by atoms with Crippen LogP contribution in [0.1, 0.15) is 43.5 Å². The number of alkyl halides is 1. The third kappa shape index (κ3) is 5.05. The molecule has 7 heteroatoms. The van der Waals surface area contributed by atoms with Gasteiger partial charge in [0.25, 0.3) is 0 Å². The van der Waals surface area contributed by atoms with E-state index in [1.165, 1.54) is 11.1 Å². The van der Waals surface area contributed by atoms with Crippen molar-refractivity contribution in [3.05, 3.63) is 77.5 Å². The fourth-order valence-electron chi connectivity index (χ4n) is 4.42. The van der Waals surface area contributed by atoms with Crippen LogP contribution in [0, 0.1) is 0 Å². The highest BCUT2D eigenvalue weighted by atomic mass is 19.1. The van der Waals surface area contributed by atoms with Crippen molar-refractivity contribution in [1.29, 1.82) is 0 Å². The monoisotopic (exact) mass is 462 g/mol. The first-order chi connectivity index (χ1) is 16.3. The predicted molar refractivity (Wildman–Crippen MR) is 129 cm³/mol. The van der Waals surface area contributed by atoms with Gasteiger partial charge in [-0.1, -0.05) is 38.1 Å². The summed E-state index contributed by atoms with van der Waals surface area (Å²) in [6.07, 6.45) is 1.38. The minimum absolute atomic E-state index is 0.174. The maximum Gasteiger partial charge on any atom is 0.238 e. The summed E-state index contributed by atoms with van der Waals surface area (Å²) in [7, 11) is 0. The molecule has 0 radical (unpaired) electrons. The van der Waals surface area contributed by atoms with Gasteiger partial charge in [0.05, 0.1) is 5.69 Å². The van der Waals surface area contributed by atoms with Crippen LogP contribution in [-0.2, 0) is 12.0 Å². The molecule has 6 nitrogen and oxygen atoms in total. The number of hydrogen-bond acceptors (Lipinski definition) is 6. The molecule has 2 heterocycles. The van der Waals surface area contributed by atoms with Gasteiger partial charge in [-0.05, 0) is 54.3 Å². The molecular weight excluding hydrogens is 431 g/mol. The lowest BCUT2D eigenvalue weighted by molar-refractivity contribution is 0.0578. The van der Waals surface area contributed by atoms with Crippen LogP contribution in [0.25, 0.3) is 0 Å². The highest BCUT2D eigenvalue weighted by Crippen LogP contribution is 2.34. The molecule has 2 aliphatic rings. The molecule has 2 fully saturated rings. The van der Waals surface area contributed by atoms with Crippen LogP contribution in [-0.4, -0.2) is 46.5 Å². The number of hydrogen-bond donors (Lipinski definition) is 1. The second-order valence-electron chi connectivity index (χ2n) is 9.90. The predicted octanol–water partition coefficient (Wildman–Crippen LogP) is 4.62. The van der Waals surface area contributed by atoms with Crippen molar-refractivity contribution in [3.8, 4) is 17.4 Å². The first-order valence-corrected chi connectivity index (χ1v) is 11.9. The summed E-state index contributed by atoms with van der Waals surface area (Å²) in [5, 5.41) is 8.36. The van der Waals surface area contributed by atoms with Crippen LogP contribution in [0.4, 0.5) is 4.39 Å². The minimum atomic E-state index is -0.714. The highest BCUT2D eigenvalue weighted by Gasteiger charge is 2.28. The van der Waals surface area contributed by atoms with E-state index < -0.39 is 6.17 Å². The highest BCUT2D eigenvalue weighted by molar-refractivity contribution is 5.42. The van der Waals surface area contributed by atoms with Crippen LogP contribution >= 0.6 is 0 Å². The van der Waals surface area contributed by atoms with Gasteiger partial charge in [-0.25, -0.2) is 4.39 Å². The van der Waals surface area contributed by atoms with E-state index in [-0.39, 0.29) is 17.6 Å². The van der Waals surface area contributed by atoms with Crippen LogP contribution < -0.4 is 15.2 Å². The molecule has 2 N–H and O–H groups in total. The van der Waals surface area contributed by atoms with E-state index in [9.17, 15) is 4.39 Å². The Labute approximate surface area is 199 Å². The zero-order valence-corrected chi connectivity index (χ0v) is 19.7. The first-order valence-electron chi connectivity index (χ1n) is 11.9. The van der Waals surface area contributed by atoms with Crippen molar-refractivity contribution in [2.75, 3.05) is 13.1 Å². The lowest BCUT2D eigenvalue weighted by atomic mass is 9.78. The molecule has 1 aromatic heterocycles. The van der Waals surface area contributed by atoms with Gasteiger partial charge in [-0.2, -0.15) is 5.10 Å². The van der Waals surface area contributed by atoms with Gasteiger partial charge in [0.1, 0.15) is 23.8 Å². The molecule has 0 bridgehead atoms. The van der Waals surface area contributed by atoms with Gasteiger partial charge >= 0.3 is 0 Å². The van der Waals surface area contributed by atoms with Gasteiger partial charge in [0.15, 0.2) is 0 Å². The Morgan fingerprint density at radius 1 is 0.912 bits per heavy atom. The summed E-state index contributed by atoms with van der Waals surface area (Å²) in [6.45, 7) is 5.96. The van der Waals surface area contributed by atoms with Crippen molar-refractivity contribution in [3.63, 3.8) is 0 Å². The molecule has 178 valence electrons. The Morgan fingerprint density at radius 2 is 1.53 bits per heavy atom. The number of benzene rings is 2. The Kier molecular flexibility index (Phi) is 6.23. The van der Waals surface area contributed by atoms with E-state index in [2.05, 4.69) is 48.3 Å². The molecule has 0 unspecified atom stereocenters. The average Bonchev–Trinajstić information content (AvgIpc) is 2.79. The van der Waals surface area contributed by atoms with Gasteiger partial charge in [-0.15, -0.1) is 5.10 Å². The van der Waals surface area contributed by atoms with Crippen LogP contribution in [0.2, 0.25) is 0 Å². The molecule has 0 amide bonds. The fourth-order valence-corrected chi connectivity index (χ4v) is 4.42. The van der Waals surface area contributed by atoms with Gasteiger partial charge in [0.2, 0.25) is 5.88 Å². The lowest BCUT2D eigenvalue weighted by Crippen LogP contribution is -2.47. The number of nitrogens with two attached hydrogens (primary N) is 1. The smallest absolute Gasteiger partial charge is 0.238 e. The molecule has 0 atom stereocenters. The van der Waals surface area contributed by atoms with Crippen LogP contribution in [0.3, 0.4) is 0 Å². The summed E-state index contributed by atoms with van der Waals surface area (Å²) < 4.78 is 24.8. The Balaban J connectivity index is 1.19. The quantitative estimate of drug-likeness (QED) is 0.527. The largest absolute Gasteiger partial charge is 0.490 e. The van der Waals surface area contributed by atoms with Crippen molar-refractivity contribution < 1.29 is 13.9 Å². The van der Waals surface area contributed by atoms with Gasteiger partial charge in [0, 0.05) is 37.2 Å². The minimum Gasteiger partial charge on any atom is -0.490 e. The molecule has 1 saturated carbocycles. The number of halogens is 1. The van der Waals surface area contributed by atoms with E-state index >= 15 is 0 Å². The molecule has 34 heavy (non-hydrogen) atoms. The SMILES string of the molecule is CC(C)(c1ccc(Oc2ccc(CN3CC(F)C3)nn2)cc1)c1ccc(OC2CC(N)C2)cc1. The molecular formula is C27H31FN4O2. The lowest BCUT2D eigenvalue weighted by Gasteiger charge is -2.33. The number of aromatic nitrogens is 2. The summed E-state index contributed by atoms with van der Waals surface area (Å²) in [5.41, 5.74) is 8.87. The first kappa shape index (κ1) is 22.7. The maximum atomic E-state index is 13.0. The maximum absolute atomic E-state index is 13.0. The van der Waals surface area contributed by atoms with E-state index in [1.54, 1.807) is 6.07 Å². The summed E-state index contributed by atoms with van der Waals surface area (Å²) >= 11 is 0. The topological polar surface area (TPSA) is 73.5 Å². The Morgan fingerprint density at radius 3 is 2.06 bits per heavy atom. The van der Waals surface area contributed by atoms with Gasteiger partial charge < -0.3 is 15.2 Å². The summed E-state index contributed by atoms with van der Waals surface area (Å²) in [5.74, 6) is 2.03. The van der Waals surface area contributed by atoms with Crippen molar-refractivity contribution in [2.45, 2.75) is 57.0 Å². The molecule has 1 aliphatic carbocycles. The standard InChI is InChI=1S/C27H31FN4O2/c1-27(2,18-3-8-23(9-4-18)33-25-13-21(29)14-25)19-5-10-24(11-6-19)34-26-12-7-22(30-31-26)17-32-15-20(28)16-32/h3-12,20-21,25H,13-17,29H2,1-2H3. The number of ether oxygens (including phenoxy) is 2. The molecule has 1 saturated heterocycles. The summed E-state index contributed by atoms with van der Waals surface area (Å²) in [4.78, 5) is 2.00. The molecule has 3 aromatic rings. The Bertz CT molecular complexity index is 1090. The fraction of sp³-hybridized carbons (Fsp3) is 0.407. The molecule has 5 rings (SSSR count). The van der Waals surface area contributed by atoms with E-state index in [0.29, 0.717) is 31.3 Å². The number of nitrogens with zero attached hydrogens (tertiary/aromatic N) is 3. The van der Waals surface area contributed by atoms with Crippen molar-refractivity contribution >= 4 is 0 Å². The third-order valence-corrected chi connectivity index (χ3v) is 6.80. The van der Waals surface area contributed by atoms with E-state index in [4.69, 9.17) is 15.2 Å². The zero-order chi connectivity index (χ0) is 23.7. The van der Waals surface area contributed by atoms with Crippen LogP contribution in [0.15, 0.2) is 60.7 Å². The van der Waals surface area contributed by atoms with Crippen molar-refractivity contribution in [1.82, 2.24) is 15.1 Å². The molecule has 0 spiro atoms.